The van der Waals surface area contributed by atoms with Crippen LogP contribution in [0.1, 0.15) is 29.9 Å². The number of hydrogen-bond donors (Lipinski definition) is 1. The second-order valence-electron chi connectivity index (χ2n) is 6.73. The van der Waals surface area contributed by atoms with Gasteiger partial charge >= 0.3 is 0 Å². The maximum atomic E-state index is 12.0. The zero-order chi connectivity index (χ0) is 20.4. The summed E-state index contributed by atoms with van der Waals surface area (Å²) >= 11 is 0. The van der Waals surface area contributed by atoms with E-state index in [2.05, 4.69) is 16.4 Å². The number of carbonyl (C=O) groups is 2. The van der Waals surface area contributed by atoms with Crippen LogP contribution >= 0.6 is 0 Å². The molecule has 4 rings (SSSR count). The van der Waals surface area contributed by atoms with Gasteiger partial charge in [-0.2, -0.15) is 5.26 Å². The monoisotopic (exact) mass is 386 g/mol. The Labute approximate surface area is 167 Å². The fourth-order valence-electron chi connectivity index (χ4n) is 3.31. The lowest BCUT2D eigenvalue weighted by atomic mass is 10.1. The molecule has 0 spiro atoms. The average molecular weight is 386 g/mol. The van der Waals surface area contributed by atoms with Gasteiger partial charge in [0.05, 0.1) is 30.1 Å². The Kier molecular flexibility index (Phi) is 4.83. The summed E-state index contributed by atoms with van der Waals surface area (Å²) in [4.78, 5) is 29.6. The third-order valence-electron chi connectivity index (χ3n) is 4.88. The van der Waals surface area contributed by atoms with E-state index < -0.39 is 0 Å². The van der Waals surface area contributed by atoms with Gasteiger partial charge < -0.3 is 9.73 Å². The predicted molar refractivity (Wildman–Crippen MR) is 107 cm³/mol. The van der Waals surface area contributed by atoms with E-state index in [9.17, 15) is 9.59 Å². The summed E-state index contributed by atoms with van der Waals surface area (Å²) in [5, 5.41) is 12.1. The van der Waals surface area contributed by atoms with Crippen molar-refractivity contribution >= 4 is 23.2 Å². The summed E-state index contributed by atoms with van der Waals surface area (Å²) < 4.78 is 5.79. The molecule has 2 aromatic carbocycles. The number of amides is 2. The zero-order valence-electron chi connectivity index (χ0n) is 15.8. The Bertz CT molecular complexity index is 1110. The highest BCUT2D eigenvalue weighted by atomic mass is 16.4. The highest BCUT2D eigenvalue weighted by Crippen LogP contribution is 2.31. The van der Waals surface area contributed by atoms with Crippen LogP contribution in [-0.4, -0.2) is 16.8 Å². The van der Waals surface area contributed by atoms with Crippen LogP contribution in [0.15, 0.2) is 53.1 Å². The van der Waals surface area contributed by atoms with Crippen molar-refractivity contribution in [3.05, 3.63) is 65.7 Å². The Hall–Kier alpha value is -3.92. The number of nitrogens with zero attached hydrogens (tertiary/aromatic N) is 3. The minimum Gasteiger partial charge on any atom is -0.439 e. The smallest absolute Gasteiger partial charge is 0.234 e. The average Bonchev–Trinajstić information content (AvgIpc) is 3.34. The van der Waals surface area contributed by atoms with Gasteiger partial charge in [-0.1, -0.05) is 6.07 Å². The van der Waals surface area contributed by atoms with Crippen LogP contribution in [0.3, 0.4) is 0 Å². The van der Waals surface area contributed by atoms with E-state index in [4.69, 9.17) is 9.68 Å². The molecule has 7 nitrogen and oxygen atoms in total. The number of nitriles is 1. The molecule has 1 aliphatic rings. The van der Waals surface area contributed by atoms with Gasteiger partial charge in [0.1, 0.15) is 0 Å². The first-order valence-corrected chi connectivity index (χ1v) is 9.21. The number of rotatable bonds is 5. The number of aromatic nitrogens is 1. The number of oxazole rings is 1. The molecule has 0 atom stereocenters. The normalized spacial score (nSPS) is 13.6. The third kappa shape index (κ3) is 3.60. The Morgan fingerprint density at radius 2 is 1.86 bits per heavy atom. The van der Waals surface area contributed by atoms with Crippen molar-refractivity contribution in [1.29, 1.82) is 5.26 Å². The first-order chi connectivity index (χ1) is 14.1. The molecule has 3 aromatic rings. The maximum absolute atomic E-state index is 12.0. The fourth-order valence-corrected chi connectivity index (χ4v) is 3.31. The summed E-state index contributed by atoms with van der Waals surface area (Å²) in [5.41, 5.74) is 3.64. The van der Waals surface area contributed by atoms with Crippen molar-refractivity contribution in [2.75, 3.05) is 10.2 Å². The number of benzene rings is 2. The Morgan fingerprint density at radius 1 is 1.14 bits per heavy atom. The van der Waals surface area contributed by atoms with E-state index in [1.165, 1.54) is 4.90 Å². The van der Waals surface area contributed by atoms with Crippen molar-refractivity contribution in [3.8, 4) is 17.4 Å². The Morgan fingerprint density at radius 3 is 2.55 bits per heavy atom. The van der Waals surface area contributed by atoms with Gasteiger partial charge in [0.25, 0.3) is 0 Å². The lowest BCUT2D eigenvalue weighted by Gasteiger charge is -2.19. The Balaban J connectivity index is 1.49. The van der Waals surface area contributed by atoms with E-state index in [1.807, 2.05) is 25.1 Å². The molecule has 0 saturated carbocycles. The highest BCUT2D eigenvalue weighted by molar-refractivity contribution is 6.20. The predicted octanol–water partition coefficient (Wildman–Crippen LogP) is 3.79. The molecule has 2 amide bonds. The highest BCUT2D eigenvalue weighted by Gasteiger charge is 2.31. The second-order valence-corrected chi connectivity index (χ2v) is 6.73. The summed E-state index contributed by atoms with van der Waals surface area (Å²) in [5.74, 6) is 0.775. The minimum absolute atomic E-state index is 0.171. The van der Waals surface area contributed by atoms with Crippen LogP contribution in [0.2, 0.25) is 0 Å². The second kappa shape index (κ2) is 7.60. The number of hydrogen-bond acceptors (Lipinski definition) is 6. The van der Waals surface area contributed by atoms with E-state index in [0.717, 1.165) is 16.8 Å². The molecule has 1 saturated heterocycles. The van der Waals surface area contributed by atoms with Crippen molar-refractivity contribution in [3.63, 3.8) is 0 Å². The molecule has 1 fully saturated rings. The van der Waals surface area contributed by atoms with Crippen molar-refractivity contribution in [2.24, 2.45) is 0 Å². The molecule has 7 heteroatoms. The van der Waals surface area contributed by atoms with Crippen LogP contribution in [0, 0.1) is 18.3 Å². The number of nitrogens with one attached hydrogen (secondary N) is 1. The molecule has 1 aromatic heterocycles. The number of carbonyl (C=O) groups excluding carboxylic acids is 2. The minimum atomic E-state index is -0.171. The molecule has 0 unspecified atom stereocenters. The first kappa shape index (κ1) is 18.4. The summed E-state index contributed by atoms with van der Waals surface area (Å²) in [6.45, 7) is 2.22. The molecule has 2 heterocycles. The van der Waals surface area contributed by atoms with E-state index in [-0.39, 0.29) is 24.7 Å². The van der Waals surface area contributed by atoms with Crippen molar-refractivity contribution in [2.45, 2.75) is 26.3 Å². The molecule has 144 valence electrons. The fraction of sp³-hybridized carbons (Fsp3) is 0.182. The number of imide groups is 1. The zero-order valence-corrected chi connectivity index (χ0v) is 15.8. The largest absolute Gasteiger partial charge is 0.439 e. The number of anilines is 2. The van der Waals surface area contributed by atoms with Crippen LogP contribution < -0.4 is 10.2 Å². The van der Waals surface area contributed by atoms with Crippen molar-refractivity contribution < 1.29 is 14.0 Å². The van der Waals surface area contributed by atoms with Gasteiger partial charge in [-0.25, -0.2) is 4.98 Å². The summed E-state index contributed by atoms with van der Waals surface area (Å²) in [7, 11) is 0. The molecule has 1 N–H and O–H groups in total. The first-order valence-electron chi connectivity index (χ1n) is 9.21. The SMILES string of the molecule is Cc1c(NCc2ncc(-c3ccc(C#N)cc3)o2)cccc1N1C(=O)CCC1=O. The van der Waals surface area contributed by atoms with Gasteiger partial charge in [-0.05, 0) is 48.9 Å². The van der Waals surface area contributed by atoms with Gasteiger partial charge in [0, 0.05) is 24.1 Å². The van der Waals surface area contributed by atoms with Crippen LogP contribution in [0.4, 0.5) is 11.4 Å². The summed E-state index contributed by atoms with van der Waals surface area (Å²) in [6.07, 6.45) is 2.15. The standard InChI is InChI=1S/C22H18N4O3/c1-14-17(3-2-4-18(14)26-21(27)9-10-22(26)28)24-13-20-25-12-19(29-20)16-7-5-15(11-23)6-8-16/h2-8,12,24H,9-10,13H2,1H3. The molecule has 0 radical (unpaired) electrons. The summed E-state index contributed by atoms with van der Waals surface area (Å²) in [6, 6.07) is 14.6. The van der Waals surface area contributed by atoms with Gasteiger partial charge in [0.15, 0.2) is 5.76 Å². The van der Waals surface area contributed by atoms with Crippen LogP contribution in [0.5, 0.6) is 0 Å². The van der Waals surface area contributed by atoms with Crippen molar-refractivity contribution in [1.82, 2.24) is 4.98 Å². The molecule has 0 bridgehead atoms. The lowest BCUT2D eigenvalue weighted by Crippen LogP contribution is -2.29. The van der Waals surface area contributed by atoms with Crippen LogP contribution in [0.25, 0.3) is 11.3 Å². The molecular weight excluding hydrogens is 368 g/mol. The van der Waals surface area contributed by atoms with Gasteiger partial charge in [-0.3, -0.25) is 14.5 Å². The molecular formula is C22H18N4O3. The molecule has 29 heavy (non-hydrogen) atoms. The lowest BCUT2D eigenvalue weighted by molar-refractivity contribution is -0.121. The molecule has 1 aliphatic heterocycles. The van der Waals surface area contributed by atoms with Crippen LogP contribution in [-0.2, 0) is 16.1 Å². The van der Waals surface area contributed by atoms with E-state index in [1.54, 1.807) is 30.5 Å². The van der Waals surface area contributed by atoms with Gasteiger partial charge in [0.2, 0.25) is 17.7 Å². The topological polar surface area (TPSA) is 99.2 Å². The van der Waals surface area contributed by atoms with E-state index in [0.29, 0.717) is 29.4 Å². The quantitative estimate of drug-likeness (QED) is 0.670. The maximum Gasteiger partial charge on any atom is 0.234 e. The third-order valence-corrected chi connectivity index (χ3v) is 4.88. The van der Waals surface area contributed by atoms with E-state index >= 15 is 0 Å². The van der Waals surface area contributed by atoms with Gasteiger partial charge in [-0.15, -0.1) is 0 Å². The molecule has 0 aliphatic carbocycles.